The van der Waals surface area contributed by atoms with E-state index in [2.05, 4.69) is 0 Å². The zero-order chi connectivity index (χ0) is 14.8. The predicted molar refractivity (Wildman–Crippen MR) is 72.4 cm³/mol. The Labute approximate surface area is 117 Å². The molecule has 0 spiro atoms. The molecule has 0 unspecified atom stereocenters. The van der Waals surface area contributed by atoms with Gasteiger partial charge in [-0.25, -0.2) is 0 Å². The second-order valence-electron chi connectivity index (χ2n) is 4.74. The molecule has 0 fully saturated rings. The third-order valence-electron chi connectivity index (χ3n) is 3.12. The number of phenolic OH excluding ortho intramolecular Hbond substituents is 1. The van der Waals surface area contributed by atoms with Crippen molar-refractivity contribution >= 4 is 17.6 Å². The van der Waals surface area contributed by atoms with Crippen LogP contribution in [0.4, 0.5) is 0 Å². The van der Waals surface area contributed by atoms with Crippen molar-refractivity contribution in [3.63, 3.8) is 0 Å². The van der Waals surface area contributed by atoms with Gasteiger partial charge in [0.05, 0.1) is 24.7 Å². The van der Waals surface area contributed by atoms with Crippen LogP contribution in [-0.2, 0) is 9.53 Å². The highest BCUT2D eigenvalue weighted by atomic mass is 35.5. The fourth-order valence-corrected chi connectivity index (χ4v) is 1.95. The van der Waals surface area contributed by atoms with Gasteiger partial charge in [-0.15, -0.1) is 0 Å². The summed E-state index contributed by atoms with van der Waals surface area (Å²) in [6.07, 6.45) is 0. The molecule has 0 aliphatic rings. The molecule has 19 heavy (non-hydrogen) atoms. The van der Waals surface area contributed by atoms with E-state index in [9.17, 15) is 9.90 Å². The van der Waals surface area contributed by atoms with Crippen LogP contribution in [0.2, 0.25) is 5.02 Å². The molecule has 1 aromatic carbocycles. The van der Waals surface area contributed by atoms with Gasteiger partial charge in [-0.3, -0.25) is 4.79 Å². The van der Waals surface area contributed by atoms with Gasteiger partial charge in [0, 0.05) is 6.04 Å². The Morgan fingerprint density at radius 1 is 1.42 bits per heavy atom. The maximum absolute atomic E-state index is 11.7. The normalized spacial score (nSPS) is 12.9. The van der Waals surface area contributed by atoms with Gasteiger partial charge < -0.3 is 20.3 Å². The second-order valence-corrected chi connectivity index (χ2v) is 5.15. The lowest BCUT2D eigenvalue weighted by Gasteiger charge is -2.29. The van der Waals surface area contributed by atoms with Crippen LogP contribution in [0.15, 0.2) is 12.1 Å². The summed E-state index contributed by atoms with van der Waals surface area (Å²) in [5.74, 6) is -0.377. The molecule has 3 N–H and O–H groups in total. The molecule has 1 rings (SSSR count). The number of nitrogens with two attached hydrogens (primary N) is 1. The van der Waals surface area contributed by atoms with Gasteiger partial charge in [0.2, 0.25) is 0 Å². The van der Waals surface area contributed by atoms with Crippen molar-refractivity contribution in [1.82, 2.24) is 0 Å². The number of carbonyl (C=O) groups excluding carboxylic acids is 1. The molecule has 106 valence electrons. The van der Waals surface area contributed by atoms with Gasteiger partial charge in [0.15, 0.2) is 11.5 Å². The van der Waals surface area contributed by atoms with E-state index in [4.69, 9.17) is 26.8 Å². The molecule has 6 heteroatoms. The summed E-state index contributed by atoms with van der Waals surface area (Å²) in [5.41, 5.74) is 5.74. The Bertz CT molecular complexity index is 488. The van der Waals surface area contributed by atoms with Crippen molar-refractivity contribution in [1.29, 1.82) is 0 Å². The molecule has 1 aromatic rings. The number of benzene rings is 1. The maximum atomic E-state index is 11.7. The van der Waals surface area contributed by atoms with Crippen molar-refractivity contribution in [2.24, 2.45) is 11.1 Å². The molecule has 0 radical (unpaired) electrons. The summed E-state index contributed by atoms with van der Waals surface area (Å²) in [7, 11) is 2.72. The molecular weight excluding hydrogens is 270 g/mol. The highest BCUT2D eigenvalue weighted by molar-refractivity contribution is 6.32. The molecule has 0 aromatic heterocycles. The van der Waals surface area contributed by atoms with E-state index in [0.717, 1.165) is 0 Å². The van der Waals surface area contributed by atoms with Crippen LogP contribution in [0.1, 0.15) is 25.5 Å². The first-order chi connectivity index (χ1) is 8.75. The molecule has 0 bridgehead atoms. The van der Waals surface area contributed by atoms with E-state index in [1.165, 1.54) is 20.3 Å². The van der Waals surface area contributed by atoms with Crippen LogP contribution in [0.25, 0.3) is 0 Å². The van der Waals surface area contributed by atoms with Crippen LogP contribution >= 0.6 is 11.6 Å². The van der Waals surface area contributed by atoms with Crippen molar-refractivity contribution in [3.8, 4) is 11.5 Å². The smallest absolute Gasteiger partial charge is 0.313 e. The first-order valence-corrected chi connectivity index (χ1v) is 6.03. The highest BCUT2D eigenvalue weighted by Crippen LogP contribution is 2.40. The lowest BCUT2D eigenvalue weighted by molar-refractivity contribution is -0.152. The molecule has 1 atom stereocenters. The van der Waals surface area contributed by atoms with E-state index in [1.807, 2.05) is 0 Å². The number of methoxy groups -OCH3 is 2. The third kappa shape index (κ3) is 2.93. The zero-order valence-corrected chi connectivity index (χ0v) is 12.1. The molecule has 0 aliphatic carbocycles. The number of carbonyl (C=O) groups is 1. The zero-order valence-electron chi connectivity index (χ0n) is 11.4. The van der Waals surface area contributed by atoms with Crippen molar-refractivity contribution in [2.75, 3.05) is 14.2 Å². The molecule has 0 aliphatic heterocycles. The van der Waals surface area contributed by atoms with Crippen LogP contribution in [0.3, 0.4) is 0 Å². The summed E-state index contributed by atoms with van der Waals surface area (Å²) in [6.45, 7) is 3.35. The number of aromatic hydroxyl groups is 1. The Kier molecular flexibility index (Phi) is 4.66. The van der Waals surface area contributed by atoms with Gasteiger partial charge >= 0.3 is 5.97 Å². The molecule has 0 heterocycles. The molecule has 0 amide bonds. The number of esters is 1. The molecular formula is C13H18ClNO4. The summed E-state index contributed by atoms with van der Waals surface area (Å²) >= 11 is 5.90. The number of hydrogen-bond acceptors (Lipinski definition) is 5. The lowest BCUT2D eigenvalue weighted by atomic mass is 9.81. The summed E-state index contributed by atoms with van der Waals surface area (Å²) in [5, 5.41) is 9.79. The SMILES string of the molecule is COC(=O)C(C)(C)[C@H](N)c1cc(Cl)c(O)c(OC)c1. The van der Waals surface area contributed by atoms with E-state index in [-0.39, 0.29) is 16.5 Å². The van der Waals surface area contributed by atoms with Gasteiger partial charge in [0.1, 0.15) is 0 Å². The standard InChI is InChI=1S/C13H18ClNO4/c1-13(2,12(17)19-4)11(15)7-5-8(14)10(16)9(6-7)18-3/h5-6,11,16H,15H2,1-4H3/t11-/m1/s1. The van der Waals surface area contributed by atoms with Crippen LogP contribution in [0.5, 0.6) is 11.5 Å². The maximum Gasteiger partial charge on any atom is 0.313 e. The Morgan fingerprint density at radius 3 is 2.47 bits per heavy atom. The minimum Gasteiger partial charge on any atom is -0.503 e. The van der Waals surface area contributed by atoms with Crippen LogP contribution in [-0.4, -0.2) is 25.3 Å². The Hall–Kier alpha value is -1.46. The van der Waals surface area contributed by atoms with Crippen molar-refractivity contribution in [2.45, 2.75) is 19.9 Å². The molecule has 0 saturated carbocycles. The van der Waals surface area contributed by atoms with Gasteiger partial charge in [-0.1, -0.05) is 11.6 Å². The van der Waals surface area contributed by atoms with Crippen molar-refractivity contribution < 1.29 is 19.4 Å². The quantitative estimate of drug-likeness (QED) is 0.830. The van der Waals surface area contributed by atoms with Crippen LogP contribution < -0.4 is 10.5 Å². The van der Waals surface area contributed by atoms with E-state index in [1.54, 1.807) is 19.9 Å². The lowest BCUT2D eigenvalue weighted by Crippen LogP contribution is -2.37. The largest absolute Gasteiger partial charge is 0.503 e. The second kappa shape index (κ2) is 5.67. The minimum absolute atomic E-state index is 0.116. The first kappa shape index (κ1) is 15.6. The average molecular weight is 288 g/mol. The first-order valence-electron chi connectivity index (χ1n) is 5.66. The fourth-order valence-electron chi connectivity index (χ4n) is 1.74. The fraction of sp³-hybridized carbons (Fsp3) is 0.462. The summed E-state index contributed by atoms with van der Waals surface area (Å²) in [4.78, 5) is 11.7. The van der Waals surface area contributed by atoms with Crippen LogP contribution in [0, 0.1) is 5.41 Å². The van der Waals surface area contributed by atoms with Gasteiger partial charge in [0.25, 0.3) is 0 Å². The van der Waals surface area contributed by atoms with E-state index >= 15 is 0 Å². The number of phenols is 1. The van der Waals surface area contributed by atoms with Gasteiger partial charge in [-0.05, 0) is 31.5 Å². The number of halogens is 1. The summed E-state index contributed by atoms with van der Waals surface area (Å²) < 4.78 is 9.75. The minimum atomic E-state index is -0.930. The highest BCUT2D eigenvalue weighted by Gasteiger charge is 2.37. The predicted octanol–water partition coefficient (Wildman–Crippen LogP) is 2.25. The van der Waals surface area contributed by atoms with E-state index in [0.29, 0.717) is 5.56 Å². The molecule has 0 saturated heterocycles. The number of ether oxygens (including phenoxy) is 2. The van der Waals surface area contributed by atoms with E-state index < -0.39 is 17.4 Å². The number of rotatable bonds is 4. The number of hydrogen-bond donors (Lipinski definition) is 2. The Morgan fingerprint density at radius 2 is 2.00 bits per heavy atom. The molecule has 5 nitrogen and oxygen atoms in total. The third-order valence-corrected chi connectivity index (χ3v) is 3.41. The summed E-state index contributed by atoms with van der Waals surface area (Å²) in [6, 6.07) is 2.41. The topological polar surface area (TPSA) is 81.8 Å². The Balaban J connectivity index is 3.23. The monoisotopic (exact) mass is 287 g/mol. The van der Waals surface area contributed by atoms with Crippen molar-refractivity contribution in [3.05, 3.63) is 22.7 Å². The van der Waals surface area contributed by atoms with Gasteiger partial charge in [-0.2, -0.15) is 0 Å². The average Bonchev–Trinajstić information content (AvgIpc) is 2.39.